The van der Waals surface area contributed by atoms with Gasteiger partial charge in [-0.3, -0.25) is 24.0 Å². The Morgan fingerprint density at radius 1 is 0.841 bits per heavy atom. The fourth-order valence-electron chi connectivity index (χ4n) is 7.10. The van der Waals surface area contributed by atoms with Crippen LogP contribution in [-0.2, 0) is 32.1 Å². The zero-order valence-corrected chi connectivity index (χ0v) is 24.8. The first-order valence-corrected chi connectivity index (χ1v) is 15.0. The van der Waals surface area contributed by atoms with Gasteiger partial charge in [0.1, 0.15) is 0 Å². The van der Waals surface area contributed by atoms with E-state index in [9.17, 15) is 24.0 Å². The highest BCUT2D eigenvalue weighted by molar-refractivity contribution is 5.93. The smallest absolute Gasteiger partial charge is 0.250 e. The van der Waals surface area contributed by atoms with Gasteiger partial charge in [-0.05, 0) is 72.9 Å². The molecule has 3 aliphatic rings. The Hall–Kier alpha value is -4.93. The Kier molecular flexibility index (Phi) is 7.94. The van der Waals surface area contributed by atoms with Crippen molar-refractivity contribution in [3.05, 3.63) is 82.3 Å². The Morgan fingerprint density at radius 2 is 1.52 bits per heavy atom. The van der Waals surface area contributed by atoms with E-state index < -0.39 is 5.92 Å². The quantitative estimate of drug-likeness (QED) is 0.330. The molecule has 2 bridgehead atoms. The third kappa shape index (κ3) is 5.95. The van der Waals surface area contributed by atoms with E-state index in [0.29, 0.717) is 30.0 Å². The number of fused-ring (bicyclic) bond motifs is 8. The van der Waals surface area contributed by atoms with Crippen LogP contribution in [0.3, 0.4) is 0 Å². The summed E-state index contributed by atoms with van der Waals surface area (Å²) in [5.41, 5.74) is 4.89. The van der Waals surface area contributed by atoms with Crippen molar-refractivity contribution in [3.8, 4) is 0 Å². The second kappa shape index (κ2) is 12.0. The van der Waals surface area contributed by atoms with Crippen molar-refractivity contribution in [2.75, 3.05) is 33.9 Å². The lowest BCUT2D eigenvalue weighted by Crippen LogP contribution is -2.60. The van der Waals surface area contributed by atoms with Gasteiger partial charge >= 0.3 is 0 Å². The minimum atomic E-state index is -0.424. The summed E-state index contributed by atoms with van der Waals surface area (Å²) in [6.07, 6.45) is 1.46. The number of rotatable bonds is 7. The average Bonchev–Trinajstić information content (AvgIpc) is 2.97. The molecular formula is C33H36N6O5. The van der Waals surface area contributed by atoms with Crippen LogP contribution in [0, 0.1) is 11.8 Å². The lowest BCUT2D eigenvalue weighted by Gasteiger charge is -2.54. The molecule has 1 aromatic heterocycles. The van der Waals surface area contributed by atoms with Crippen molar-refractivity contribution in [1.82, 2.24) is 9.88 Å². The lowest BCUT2D eigenvalue weighted by molar-refractivity contribution is -0.126. The molecule has 6 rings (SSSR count). The standard InChI is InChI=1S/C33H36N6O5/c1-19(40)35-23-6-8-24(9-7-23)37-30(42)12-13-34-33(44)27-16-22-15-25(36-20(2)41)10-11-28(22)39-18-21-14-26(32(27)39)29-4-3-5-31(43)38(29)17-21/h3-11,15,21,26-27,32H,12-14,16-18H2,1-2H3,(H,34,44)(H,35,40)(H,36,41)(H,37,42). The van der Waals surface area contributed by atoms with E-state index in [1.165, 1.54) is 13.8 Å². The van der Waals surface area contributed by atoms with E-state index in [1.807, 2.05) is 28.8 Å². The number of piperidine rings is 1. The molecule has 4 amide bonds. The number of hydrogen-bond donors (Lipinski definition) is 4. The number of aromatic nitrogens is 1. The van der Waals surface area contributed by atoms with Gasteiger partial charge in [0, 0.05) is 86.4 Å². The molecule has 11 nitrogen and oxygen atoms in total. The maximum absolute atomic E-state index is 13.9. The second-order valence-corrected chi connectivity index (χ2v) is 11.9. The summed E-state index contributed by atoms with van der Waals surface area (Å²) in [5.74, 6) is -0.878. The molecular weight excluding hydrogens is 560 g/mol. The number of hydrogen-bond acceptors (Lipinski definition) is 6. The summed E-state index contributed by atoms with van der Waals surface area (Å²) in [6, 6.07) is 17.9. The third-order valence-corrected chi connectivity index (χ3v) is 8.76. The number of carbonyl (C=O) groups excluding carboxylic acids is 4. The summed E-state index contributed by atoms with van der Waals surface area (Å²) >= 11 is 0. The van der Waals surface area contributed by atoms with Crippen molar-refractivity contribution >= 4 is 46.4 Å². The average molecular weight is 597 g/mol. The van der Waals surface area contributed by atoms with Crippen molar-refractivity contribution in [2.45, 2.75) is 51.6 Å². The van der Waals surface area contributed by atoms with E-state index in [2.05, 4.69) is 26.2 Å². The molecule has 2 aromatic carbocycles. The van der Waals surface area contributed by atoms with E-state index in [1.54, 1.807) is 36.4 Å². The van der Waals surface area contributed by atoms with Crippen LogP contribution in [0.5, 0.6) is 0 Å². The highest BCUT2D eigenvalue weighted by Crippen LogP contribution is 2.48. The first-order valence-electron chi connectivity index (χ1n) is 15.0. The van der Waals surface area contributed by atoms with Gasteiger partial charge in [0.15, 0.2) is 0 Å². The molecule has 0 spiro atoms. The van der Waals surface area contributed by atoms with E-state index in [-0.39, 0.29) is 60.0 Å². The molecule has 4 unspecified atom stereocenters. The van der Waals surface area contributed by atoms with Crippen LogP contribution >= 0.6 is 0 Å². The van der Waals surface area contributed by atoms with Crippen LogP contribution in [0.25, 0.3) is 0 Å². The number of benzene rings is 2. The monoisotopic (exact) mass is 596 g/mol. The van der Waals surface area contributed by atoms with Gasteiger partial charge in [0.05, 0.1) is 5.92 Å². The molecule has 0 saturated carbocycles. The molecule has 1 saturated heterocycles. The normalized spacial score (nSPS) is 21.2. The predicted molar refractivity (Wildman–Crippen MR) is 168 cm³/mol. The predicted octanol–water partition coefficient (Wildman–Crippen LogP) is 3.07. The van der Waals surface area contributed by atoms with Gasteiger partial charge in [0.25, 0.3) is 5.56 Å². The number of amides is 4. The highest BCUT2D eigenvalue weighted by Gasteiger charge is 2.49. The maximum atomic E-state index is 13.9. The van der Waals surface area contributed by atoms with Gasteiger partial charge in [-0.25, -0.2) is 0 Å². The van der Waals surface area contributed by atoms with Crippen molar-refractivity contribution in [2.24, 2.45) is 11.8 Å². The topological polar surface area (TPSA) is 142 Å². The van der Waals surface area contributed by atoms with Crippen LogP contribution in [0.2, 0.25) is 0 Å². The number of nitrogens with one attached hydrogen (secondary N) is 4. The highest BCUT2D eigenvalue weighted by atomic mass is 16.2. The Morgan fingerprint density at radius 3 is 2.25 bits per heavy atom. The van der Waals surface area contributed by atoms with Gasteiger partial charge in [-0.15, -0.1) is 0 Å². The summed E-state index contributed by atoms with van der Waals surface area (Å²) in [4.78, 5) is 64.6. The number of pyridine rings is 1. The molecule has 3 aliphatic heterocycles. The summed E-state index contributed by atoms with van der Waals surface area (Å²) in [5, 5.41) is 11.4. The summed E-state index contributed by atoms with van der Waals surface area (Å²) < 4.78 is 1.87. The number of anilines is 4. The third-order valence-electron chi connectivity index (χ3n) is 8.76. The van der Waals surface area contributed by atoms with Crippen LogP contribution in [0.15, 0.2) is 65.5 Å². The van der Waals surface area contributed by atoms with Crippen molar-refractivity contribution in [1.29, 1.82) is 0 Å². The fourth-order valence-corrected chi connectivity index (χ4v) is 7.10. The van der Waals surface area contributed by atoms with Crippen LogP contribution in [0.1, 0.15) is 43.9 Å². The van der Waals surface area contributed by atoms with E-state index in [4.69, 9.17) is 0 Å². The molecule has 4 atom stereocenters. The number of nitrogens with zero attached hydrogens (tertiary/aromatic N) is 2. The molecule has 1 fully saturated rings. The Balaban J connectivity index is 1.20. The molecule has 11 heteroatoms. The molecule has 228 valence electrons. The van der Waals surface area contributed by atoms with Crippen LogP contribution in [0.4, 0.5) is 22.7 Å². The SMILES string of the molecule is CC(=O)Nc1ccc(NC(=O)CCNC(=O)C2Cc3cc(NC(C)=O)ccc3N3CC4CC(c5cccc(=O)n5C4)C23)cc1. The number of carbonyl (C=O) groups is 4. The Labute approximate surface area is 255 Å². The zero-order chi connectivity index (χ0) is 31.0. The molecule has 44 heavy (non-hydrogen) atoms. The van der Waals surface area contributed by atoms with Crippen molar-refractivity contribution < 1.29 is 19.2 Å². The largest absolute Gasteiger partial charge is 0.366 e. The fraction of sp³-hybridized carbons (Fsp3) is 0.364. The summed E-state index contributed by atoms with van der Waals surface area (Å²) in [6.45, 7) is 4.43. The molecule has 0 radical (unpaired) electrons. The molecule has 0 aliphatic carbocycles. The van der Waals surface area contributed by atoms with Gasteiger partial charge in [-0.2, -0.15) is 0 Å². The van der Waals surface area contributed by atoms with Crippen LogP contribution in [-0.4, -0.2) is 47.3 Å². The first kappa shape index (κ1) is 29.2. The van der Waals surface area contributed by atoms with E-state index >= 15 is 0 Å². The van der Waals surface area contributed by atoms with Gasteiger partial charge in [0.2, 0.25) is 23.6 Å². The molecule has 3 aromatic rings. The van der Waals surface area contributed by atoms with Crippen molar-refractivity contribution in [3.63, 3.8) is 0 Å². The molecule has 4 N–H and O–H groups in total. The Bertz CT molecular complexity index is 1680. The second-order valence-electron chi connectivity index (χ2n) is 11.9. The minimum Gasteiger partial charge on any atom is -0.366 e. The van der Waals surface area contributed by atoms with Gasteiger partial charge < -0.3 is 30.7 Å². The van der Waals surface area contributed by atoms with E-state index in [0.717, 1.165) is 29.9 Å². The maximum Gasteiger partial charge on any atom is 0.250 e. The molecule has 4 heterocycles. The summed E-state index contributed by atoms with van der Waals surface area (Å²) in [7, 11) is 0. The lowest BCUT2D eigenvalue weighted by atomic mass is 9.69. The van der Waals surface area contributed by atoms with Gasteiger partial charge in [-0.1, -0.05) is 6.07 Å². The minimum absolute atomic E-state index is 0.000849. The zero-order valence-electron chi connectivity index (χ0n) is 24.8. The first-order chi connectivity index (χ1) is 21.2. The van der Waals surface area contributed by atoms with Crippen LogP contribution < -0.4 is 31.7 Å².